The molecule has 34 heavy (non-hydrogen) atoms. The van der Waals surface area contributed by atoms with Gasteiger partial charge in [-0.2, -0.15) is 0 Å². The van der Waals surface area contributed by atoms with E-state index >= 15 is 0 Å². The van der Waals surface area contributed by atoms with Crippen molar-refractivity contribution >= 4 is 52.6 Å². The van der Waals surface area contributed by atoms with Crippen LogP contribution in [0.1, 0.15) is 49.6 Å². The van der Waals surface area contributed by atoms with Crippen LogP contribution in [0.3, 0.4) is 0 Å². The molecule has 0 spiro atoms. The summed E-state index contributed by atoms with van der Waals surface area (Å²) in [4.78, 5) is 51.7. The lowest BCUT2D eigenvalue weighted by Crippen LogP contribution is -2.32. The van der Waals surface area contributed by atoms with Crippen LogP contribution < -0.4 is 5.32 Å². The van der Waals surface area contributed by atoms with Gasteiger partial charge in [0.2, 0.25) is 0 Å². The van der Waals surface area contributed by atoms with Crippen LogP contribution >= 0.6 is 23.2 Å². The number of nitrogens with zero attached hydrogens (tertiary/aromatic N) is 1. The van der Waals surface area contributed by atoms with Crippen molar-refractivity contribution < 1.29 is 23.9 Å². The number of ether oxygens (including phenoxy) is 1. The van der Waals surface area contributed by atoms with Crippen molar-refractivity contribution in [3.8, 4) is 0 Å². The molecule has 9 heteroatoms. The summed E-state index contributed by atoms with van der Waals surface area (Å²) in [6.07, 6.45) is 0. The number of anilines is 1. The van der Waals surface area contributed by atoms with Crippen molar-refractivity contribution in [2.45, 2.75) is 13.0 Å². The molecule has 1 aliphatic heterocycles. The number of carbonyl (C=O) groups is 4. The lowest BCUT2D eigenvalue weighted by atomic mass is 10.1. The molecule has 3 amide bonds. The van der Waals surface area contributed by atoms with E-state index in [-0.39, 0.29) is 27.4 Å². The maximum absolute atomic E-state index is 13.0. The fourth-order valence-electron chi connectivity index (χ4n) is 3.61. The number of nitrogens with one attached hydrogen (secondary N) is 1. The number of benzene rings is 3. The first-order valence-electron chi connectivity index (χ1n) is 10.2. The minimum absolute atomic E-state index is 0.0442. The molecule has 4 rings (SSSR count). The zero-order valence-electron chi connectivity index (χ0n) is 17.9. The average molecular weight is 497 g/mol. The Morgan fingerprint density at radius 3 is 2.38 bits per heavy atom. The molecule has 1 heterocycles. The Morgan fingerprint density at radius 1 is 0.941 bits per heavy atom. The van der Waals surface area contributed by atoms with Crippen LogP contribution in [0, 0.1) is 0 Å². The molecule has 1 atom stereocenters. The summed E-state index contributed by atoms with van der Waals surface area (Å²) in [7, 11) is 0. The number of hydrogen-bond acceptors (Lipinski definition) is 5. The van der Waals surface area contributed by atoms with E-state index in [2.05, 4.69) is 5.32 Å². The van der Waals surface area contributed by atoms with Gasteiger partial charge in [0.05, 0.1) is 33.4 Å². The summed E-state index contributed by atoms with van der Waals surface area (Å²) in [5.74, 6) is -2.37. The molecule has 0 bridgehead atoms. The summed E-state index contributed by atoms with van der Waals surface area (Å²) in [6, 6.07) is 17.4. The number of hydrogen-bond donors (Lipinski definition) is 1. The lowest BCUT2D eigenvalue weighted by molar-refractivity contribution is -0.119. The van der Waals surface area contributed by atoms with Crippen molar-refractivity contribution in [1.82, 2.24) is 4.90 Å². The summed E-state index contributed by atoms with van der Waals surface area (Å²) in [6.45, 7) is 1.18. The molecule has 1 aliphatic rings. The highest BCUT2D eigenvalue weighted by atomic mass is 35.5. The van der Waals surface area contributed by atoms with Crippen molar-refractivity contribution in [3.63, 3.8) is 0 Å². The smallest absolute Gasteiger partial charge is 0.338 e. The highest BCUT2D eigenvalue weighted by Crippen LogP contribution is 2.32. The van der Waals surface area contributed by atoms with E-state index in [0.717, 1.165) is 10.5 Å². The van der Waals surface area contributed by atoms with Crippen LogP contribution in [0.25, 0.3) is 0 Å². The average Bonchev–Trinajstić information content (AvgIpc) is 3.09. The number of carbonyl (C=O) groups excluding carboxylic acids is 4. The molecule has 1 N–H and O–H groups in total. The van der Waals surface area contributed by atoms with Gasteiger partial charge in [-0.3, -0.25) is 19.3 Å². The highest BCUT2D eigenvalue weighted by Gasteiger charge is 2.39. The molecular formula is C25H18Cl2N2O5. The largest absolute Gasteiger partial charge is 0.452 e. The van der Waals surface area contributed by atoms with E-state index in [0.29, 0.717) is 5.02 Å². The van der Waals surface area contributed by atoms with E-state index in [1.54, 1.807) is 13.0 Å². The normalized spacial score (nSPS) is 13.4. The summed E-state index contributed by atoms with van der Waals surface area (Å²) in [5.41, 5.74) is 1.45. The van der Waals surface area contributed by atoms with Gasteiger partial charge in [0.25, 0.3) is 17.7 Å². The first-order chi connectivity index (χ1) is 16.3. The third-order valence-electron chi connectivity index (χ3n) is 5.36. The van der Waals surface area contributed by atoms with E-state index in [1.165, 1.54) is 30.3 Å². The second-order valence-corrected chi connectivity index (χ2v) is 8.42. The van der Waals surface area contributed by atoms with Gasteiger partial charge in [-0.05, 0) is 48.9 Å². The van der Waals surface area contributed by atoms with Crippen LogP contribution in [0.2, 0.25) is 10.0 Å². The molecule has 3 aromatic carbocycles. The molecule has 0 unspecified atom stereocenters. The van der Waals surface area contributed by atoms with Crippen molar-refractivity contribution in [3.05, 3.63) is 99.0 Å². The van der Waals surface area contributed by atoms with Gasteiger partial charge in [0, 0.05) is 5.02 Å². The van der Waals surface area contributed by atoms with Crippen molar-refractivity contribution in [1.29, 1.82) is 0 Å². The molecule has 3 aromatic rings. The van der Waals surface area contributed by atoms with Gasteiger partial charge in [0.1, 0.15) is 0 Å². The maximum Gasteiger partial charge on any atom is 0.338 e. The molecule has 0 saturated heterocycles. The van der Waals surface area contributed by atoms with Gasteiger partial charge in [-0.15, -0.1) is 0 Å². The Bertz CT molecular complexity index is 1310. The molecule has 0 fully saturated rings. The summed E-state index contributed by atoms with van der Waals surface area (Å²) < 4.78 is 5.06. The van der Waals surface area contributed by atoms with Gasteiger partial charge < -0.3 is 10.1 Å². The molecule has 0 saturated carbocycles. The quantitative estimate of drug-likeness (QED) is 0.376. The Balaban J connectivity index is 1.44. The van der Waals surface area contributed by atoms with Gasteiger partial charge in [0.15, 0.2) is 6.61 Å². The van der Waals surface area contributed by atoms with Crippen molar-refractivity contribution in [2.75, 3.05) is 11.9 Å². The van der Waals surface area contributed by atoms with Crippen LogP contribution in [0.15, 0.2) is 66.7 Å². The Kier molecular flexibility index (Phi) is 6.68. The zero-order chi connectivity index (χ0) is 24.4. The summed E-state index contributed by atoms with van der Waals surface area (Å²) >= 11 is 11.9. The van der Waals surface area contributed by atoms with E-state index in [4.69, 9.17) is 27.9 Å². The maximum atomic E-state index is 13.0. The van der Waals surface area contributed by atoms with Gasteiger partial charge in [-0.25, -0.2) is 4.79 Å². The highest BCUT2D eigenvalue weighted by molar-refractivity contribution is 6.35. The second-order valence-electron chi connectivity index (χ2n) is 7.58. The minimum Gasteiger partial charge on any atom is -0.452 e. The van der Waals surface area contributed by atoms with E-state index in [9.17, 15) is 19.2 Å². The second kappa shape index (κ2) is 9.67. The van der Waals surface area contributed by atoms with Crippen LogP contribution in [-0.4, -0.2) is 35.2 Å². The van der Waals surface area contributed by atoms with Gasteiger partial charge in [-0.1, -0.05) is 53.5 Å². The number of halogens is 2. The molecule has 0 aromatic heterocycles. The fraction of sp³-hybridized carbons (Fsp3) is 0.120. The number of imide groups is 1. The zero-order valence-corrected chi connectivity index (χ0v) is 19.4. The lowest BCUT2D eigenvalue weighted by Gasteiger charge is -2.22. The van der Waals surface area contributed by atoms with Crippen LogP contribution in [0.4, 0.5) is 5.69 Å². The fourth-order valence-corrected chi connectivity index (χ4v) is 3.95. The van der Waals surface area contributed by atoms with Crippen molar-refractivity contribution in [2.24, 2.45) is 0 Å². The Morgan fingerprint density at radius 2 is 1.65 bits per heavy atom. The first kappa shape index (κ1) is 23.5. The Labute approximate surface area is 205 Å². The number of rotatable bonds is 6. The molecule has 0 aliphatic carbocycles. The third-order valence-corrected chi connectivity index (χ3v) is 5.92. The predicted octanol–water partition coefficient (Wildman–Crippen LogP) is 5.15. The van der Waals surface area contributed by atoms with Crippen LogP contribution in [0.5, 0.6) is 0 Å². The third kappa shape index (κ3) is 4.66. The standard InChI is InChI=1S/C25H18Cl2N2O5/c1-14(15-5-3-2-4-6-15)29-23(31)18-9-7-16(11-19(18)24(29)32)25(33)34-13-22(30)28-21-12-17(26)8-10-20(21)27/h2-12,14H,13H2,1H3,(H,28,30)/t14-/m0/s1. The summed E-state index contributed by atoms with van der Waals surface area (Å²) in [5, 5.41) is 3.17. The van der Waals surface area contributed by atoms with Crippen LogP contribution in [-0.2, 0) is 9.53 Å². The van der Waals surface area contributed by atoms with E-state index in [1.807, 2.05) is 30.3 Å². The first-order valence-corrected chi connectivity index (χ1v) is 11.0. The number of esters is 1. The predicted molar refractivity (Wildman–Crippen MR) is 127 cm³/mol. The molecule has 7 nitrogen and oxygen atoms in total. The number of fused-ring (bicyclic) bond motifs is 1. The number of amides is 3. The topological polar surface area (TPSA) is 92.8 Å². The Hall–Kier alpha value is -3.68. The monoisotopic (exact) mass is 496 g/mol. The molecular weight excluding hydrogens is 479 g/mol. The SMILES string of the molecule is C[C@@H](c1ccccc1)N1C(=O)c2ccc(C(=O)OCC(=O)Nc3cc(Cl)ccc3Cl)cc2C1=O. The van der Waals surface area contributed by atoms with E-state index < -0.39 is 36.3 Å². The molecule has 0 radical (unpaired) electrons. The molecule has 172 valence electrons. The van der Waals surface area contributed by atoms with Gasteiger partial charge >= 0.3 is 5.97 Å². The minimum atomic E-state index is -0.815.